The zero-order valence-corrected chi connectivity index (χ0v) is 35.3. The molecular weight excluding hydrogens is 761 g/mol. The molecule has 0 bridgehead atoms. The van der Waals surface area contributed by atoms with Crippen LogP contribution in [0.15, 0.2) is 48.7 Å². The lowest BCUT2D eigenvalue weighted by atomic mass is 9.89. The minimum Gasteiger partial charge on any atom is -0.495 e. The molecule has 15 nitrogen and oxygen atoms in total. The van der Waals surface area contributed by atoms with E-state index in [-0.39, 0.29) is 47.8 Å². The van der Waals surface area contributed by atoms with Crippen molar-refractivity contribution in [2.24, 2.45) is 0 Å². The van der Waals surface area contributed by atoms with Crippen LogP contribution < -0.4 is 35.8 Å². The summed E-state index contributed by atoms with van der Waals surface area (Å²) < 4.78 is 5.75. The van der Waals surface area contributed by atoms with Gasteiger partial charge in [-0.3, -0.25) is 29.4 Å². The molecule has 0 spiro atoms. The average molecular weight is 821 g/mol. The van der Waals surface area contributed by atoms with E-state index >= 15 is 0 Å². The van der Waals surface area contributed by atoms with Crippen LogP contribution in [0.5, 0.6) is 5.75 Å². The molecule has 2 saturated carbocycles. The largest absolute Gasteiger partial charge is 0.495 e. The van der Waals surface area contributed by atoms with Crippen LogP contribution >= 0.6 is 0 Å². The molecule has 2 aromatic carbocycles. The normalized spacial score (nSPS) is 24.2. The lowest BCUT2D eigenvalue weighted by Gasteiger charge is -2.43. The van der Waals surface area contributed by atoms with Gasteiger partial charge in [-0.25, -0.2) is 4.98 Å². The lowest BCUT2D eigenvalue weighted by Crippen LogP contribution is -2.55. The molecular formula is C45H60N10O5. The van der Waals surface area contributed by atoms with Crippen LogP contribution in [-0.4, -0.2) is 120 Å². The van der Waals surface area contributed by atoms with Crippen molar-refractivity contribution in [3.05, 3.63) is 59.8 Å². The van der Waals surface area contributed by atoms with Crippen LogP contribution in [0.1, 0.15) is 93.5 Å². The third kappa shape index (κ3) is 9.21. The number of amides is 4. The summed E-state index contributed by atoms with van der Waals surface area (Å²) in [7, 11) is 3.39. The van der Waals surface area contributed by atoms with Crippen molar-refractivity contribution in [1.82, 2.24) is 30.4 Å². The molecule has 2 atom stereocenters. The summed E-state index contributed by atoms with van der Waals surface area (Å²) in [6.45, 7) is 7.28. The highest BCUT2D eigenvalue weighted by Crippen LogP contribution is 2.40. The molecule has 0 radical (unpaired) electrons. The number of likely N-dealkylation sites (N-methyl/N-ethyl adjacent to an activating group) is 1. The molecule has 4 amide bonds. The van der Waals surface area contributed by atoms with Crippen LogP contribution in [0.4, 0.5) is 28.8 Å². The van der Waals surface area contributed by atoms with Gasteiger partial charge in [-0.1, -0.05) is 31.9 Å². The number of hydrogen-bond acceptors (Lipinski definition) is 12. The van der Waals surface area contributed by atoms with Crippen LogP contribution in [0.2, 0.25) is 0 Å². The second-order valence-corrected chi connectivity index (χ2v) is 17.1. The zero-order chi connectivity index (χ0) is 41.8. The molecule has 320 valence electrons. The molecule has 4 fully saturated rings. The molecule has 4 heterocycles. The number of carbonyl (C=O) groups excluding carboxylic acids is 4. The number of anilines is 5. The number of aromatic nitrogens is 2. The number of hydrogen-bond donors (Lipinski definition) is 4. The number of piperazine rings is 1. The number of methoxy groups -OCH3 is 1. The maximum Gasteiger partial charge on any atom is 0.251 e. The monoisotopic (exact) mass is 820 g/mol. The number of fused-ring (bicyclic) bond motifs is 1. The van der Waals surface area contributed by atoms with Crippen molar-refractivity contribution in [2.45, 2.75) is 114 Å². The Morgan fingerprint density at radius 3 is 2.37 bits per heavy atom. The van der Waals surface area contributed by atoms with Gasteiger partial charge in [-0.05, 0) is 93.7 Å². The zero-order valence-electron chi connectivity index (χ0n) is 35.3. The Kier molecular flexibility index (Phi) is 12.8. The van der Waals surface area contributed by atoms with Crippen LogP contribution in [-0.2, 0) is 20.8 Å². The van der Waals surface area contributed by atoms with Crippen LogP contribution in [0.25, 0.3) is 0 Å². The molecule has 15 heteroatoms. The third-order valence-corrected chi connectivity index (χ3v) is 13.3. The number of imide groups is 1. The molecule has 60 heavy (non-hydrogen) atoms. The summed E-state index contributed by atoms with van der Waals surface area (Å²) >= 11 is 0. The maximum absolute atomic E-state index is 13.5. The van der Waals surface area contributed by atoms with E-state index in [1.165, 1.54) is 5.56 Å². The fourth-order valence-electron chi connectivity index (χ4n) is 9.79. The summed E-state index contributed by atoms with van der Waals surface area (Å²) in [5, 5.41) is 12.3. The van der Waals surface area contributed by atoms with Crippen LogP contribution in [0.3, 0.4) is 0 Å². The fourth-order valence-corrected chi connectivity index (χ4v) is 9.79. The second kappa shape index (κ2) is 18.5. The predicted molar refractivity (Wildman–Crippen MR) is 232 cm³/mol. The number of carbonyl (C=O) groups is 4. The Bertz CT molecular complexity index is 2020. The first kappa shape index (κ1) is 41.5. The molecule has 8 rings (SSSR count). The van der Waals surface area contributed by atoms with Crippen molar-refractivity contribution >= 4 is 52.5 Å². The summed E-state index contributed by atoms with van der Waals surface area (Å²) in [6, 6.07) is 14.0. The van der Waals surface area contributed by atoms with E-state index in [2.05, 4.69) is 60.0 Å². The standard InChI is InChI=1S/C45H60N10O5/c1-4-37-44(59)52(2)38-28-46-45(51-41(38)55(37)34-7-5-6-8-34)49-35-18-11-30(27-39(35)60-3)42(57)48-32-14-16-33(17-15-32)54-25-23-53(24-26-54)22-21-29-9-12-31(13-10-29)47-36-19-20-40(56)50-43(36)58/h9-13,18,27-28,32-34,36-37,47H,4-8,14-17,19-26H2,1-3H3,(H,48,57)(H,46,49,51)(H,50,56,58)/t32?,33?,36?,37-/m1/s1. The quantitative estimate of drug-likeness (QED) is 0.174. The number of nitrogens with one attached hydrogen (secondary N) is 4. The van der Waals surface area contributed by atoms with Gasteiger partial charge in [-0.15, -0.1) is 0 Å². The molecule has 5 aliphatic rings. The van der Waals surface area contributed by atoms with E-state index < -0.39 is 0 Å². The van der Waals surface area contributed by atoms with Gasteiger partial charge in [0.15, 0.2) is 5.82 Å². The Hall–Kier alpha value is -5.28. The predicted octanol–water partition coefficient (Wildman–Crippen LogP) is 4.85. The van der Waals surface area contributed by atoms with Crippen molar-refractivity contribution in [3.63, 3.8) is 0 Å². The van der Waals surface area contributed by atoms with Gasteiger partial charge >= 0.3 is 0 Å². The molecule has 3 aliphatic heterocycles. The maximum atomic E-state index is 13.5. The lowest BCUT2D eigenvalue weighted by molar-refractivity contribution is -0.133. The van der Waals surface area contributed by atoms with Gasteiger partial charge in [-0.2, -0.15) is 4.98 Å². The fraction of sp³-hybridized carbons (Fsp3) is 0.556. The Morgan fingerprint density at radius 1 is 0.917 bits per heavy atom. The highest BCUT2D eigenvalue weighted by atomic mass is 16.5. The van der Waals surface area contributed by atoms with E-state index in [1.54, 1.807) is 31.3 Å². The number of nitrogens with zero attached hydrogens (tertiary/aromatic N) is 6. The summed E-state index contributed by atoms with van der Waals surface area (Å²) in [6.07, 6.45) is 12.7. The highest BCUT2D eigenvalue weighted by Gasteiger charge is 2.41. The van der Waals surface area contributed by atoms with Crippen LogP contribution in [0, 0.1) is 0 Å². The van der Waals surface area contributed by atoms with E-state index in [1.807, 2.05) is 24.3 Å². The topological polar surface area (TPSA) is 164 Å². The van der Waals surface area contributed by atoms with E-state index in [9.17, 15) is 19.2 Å². The number of rotatable bonds is 13. The van der Waals surface area contributed by atoms with Gasteiger partial charge in [0.05, 0.1) is 19.0 Å². The molecule has 2 saturated heterocycles. The van der Waals surface area contributed by atoms with Gasteiger partial charge in [0.2, 0.25) is 23.7 Å². The first-order chi connectivity index (χ1) is 29.2. The van der Waals surface area contributed by atoms with Crippen molar-refractivity contribution < 1.29 is 23.9 Å². The van der Waals surface area contributed by atoms with Gasteiger partial charge in [0.25, 0.3) is 5.91 Å². The smallest absolute Gasteiger partial charge is 0.251 e. The minimum absolute atomic E-state index is 0.0801. The van der Waals surface area contributed by atoms with Crippen molar-refractivity contribution in [1.29, 1.82) is 0 Å². The summed E-state index contributed by atoms with van der Waals surface area (Å²) in [5.41, 5.74) is 4.07. The average Bonchev–Trinajstić information content (AvgIpc) is 3.81. The molecule has 2 aliphatic carbocycles. The SMILES string of the molecule is CC[C@@H]1C(=O)N(C)c2cnc(Nc3ccc(C(=O)NC4CCC(N5CCN(CCc6ccc(NC7CCC(=O)NC7=O)cc6)CC5)CC4)cc3OC)nc2N1C1CCCC1. The van der Waals surface area contributed by atoms with Crippen molar-refractivity contribution in [2.75, 3.05) is 67.3 Å². The second-order valence-electron chi connectivity index (χ2n) is 17.1. The minimum atomic E-state index is -0.374. The molecule has 1 unspecified atom stereocenters. The number of benzene rings is 2. The Labute approximate surface area is 353 Å². The molecule has 3 aromatic rings. The highest BCUT2D eigenvalue weighted by molar-refractivity contribution is 6.04. The van der Waals surface area contributed by atoms with E-state index in [0.717, 1.165) is 102 Å². The first-order valence-electron chi connectivity index (χ1n) is 22.0. The van der Waals surface area contributed by atoms with Crippen molar-refractivity contribution in [3.8, 4) is 5.75 Å². The van der Waals surface area contributed by atoms with E-state index in [0.29, 0.717) is 53.9 Å². The van der Waals surface area contributed by atoms with Gasteiger partial charge < -0.3 is 35.4 Å². The number of ether oxygens (including phenoxy) is 1. The first-order valence-corrected chi connectivity index (χ1v) is 22.0. The summed E-state index contributed by atoms with van der Waals surface area (Å²) in [5.74, 6) is 1.22. The van der Waals surface area contributed by atoms with Gasteiger partial charge in [0, 0.05) is 75.6 Å². The number of piperidine rings is 1. The third-order valence-electron chi connectivity index (χ3n) is 13.3. The Morgan fingerprint density at radius 2 is 1.67 bits per heavy atom. The Balaban J connectivity index is 0.786. The van der Waals surface area contributed by atoms with E-state index in [4.69, 9.17) is 9.72 Å². The van der Waals surface area contributed by atoms with Gasteiger partial charge in [0.1, 0.15) is 23.5 Å². The summed E-state index contributed by atoms with van der Waals surface area (Å²) in [4.78, 5) is 69.0. The molecule has 4 N–H and O–H groups in total. The molecule has 1 aromatic heterocycles.